The van der Waals surface area contributed by atoms with E-state index in [0.717, 1.165) is 17.0 Å². The van der Waals surface area contributed by atoms with Gasteiger partial charge in [0.2, 0.25) is 0 Å². The van der Waals surface area contributed by atoms with Crippen molar-refractivity contribution in [2.75, 3.05) is 12.4 Å². The molecule has 4 nitrogen and oxygen atoms in total. The molecule has 0 saturated carbocycles. The first kappa shape index (κ1) is 15.4. The molecule has 1 aromatic carbocycles. The molecule has 0 amide bonds. The van der Waals surface area contributed by atoms with Crippen LogP contribution in [0.1, 0.15) is 44.9 Å². The highest BCUT2D eigenvalue weighted by Crippen LogP contribution is 2.33. The highest BCUT2D eigenvalue weighted by atomic mass is 16.5. The number of rotatable bonds is 4. The molecule has 4 heteroatoms. The molecular weight excluding hydrogens is 262 g/mol. The molecule has 1 heterocycles. The molecule has 2 aromatic rings. The molecule has 0 spiro atoms. The lowest BCUT2D eigenvalue weighted by molar-refractivity contribution is 0.415. The van der Waals surface area contributed by atoms with Crippen LogP contribution in [0.25, 0.3) is 0 Å². The number of nitrogens with one attached hydrogen (secondary N) is 1. The Balaban J connectivity index is 2.29. The van der Waals surface area contributed by atoms with Crippen LogP contribution in [-0.2, 0) is 12.5 Å². The summed E-state index contributed by atoms with van der Waals surface area (Å²) in [5.74, 6) is 0.860. The van der Waals surface area contributed by atoms with Crippen molar-refractivity contribution in [1.29, 1.82) is 0 Å². The van der Waals surface area contributed by atoms with Crippen molar-refractivity contribution in [3.63, 3.8) is 0 Å². The van der Waals surface area contributed by atoms with Crippen LogP contribution in [0.2, 0.25) is 0 Å². The fraction of sp³-hybridized carbons (Fsp3) is 0.471. The third-order valence-corrected chi connectivity index (χ3v) is 3.66. The van der Waals surface area contributed by atoms with Gasteiger partial charge in [-0.1, -0.05) is 26.8 Å². The van der Waals surface area contributed by atoms with Gasteiger partial charge in [-0.3, -0.25) is 4.68 Å². The number of benzene rings is 1. The van der Waals surface area contributed by atoms with Crippen LogP contribution in [0.15, 0.2) is 30.6 Å². The Morgan fingerprint density at radius 1 is 1.29 bits per heavy atom. The molecular formula is C17H25N3O. The maximum atomic E-state index is 5.47. The van der Waals surface area contributed by atoms with Crippen LogP contribution in [0.3, 0.4) is 0 Å². The first-order valence-corrected chi connectivity index (χ1v) is 7.25. The molecule has 1 atom stereocenters. The van der Waals surface area contributed by atoms with Crippen LogP contribution in [-0.4, -0.2) is 16.9 Å². The van der Waals surface area contributed by atoms with Crippen molar-refractivity contribution < 1.29 is 4.74 Å². The van der Waals surface area contributed by atoms with Crippen molar-refractivity contribution in [1.82, 2.24) is 9.78 Å². The van der Waals surface area contributed by atoms with E-state index in [9.17, 15) is 0 Å². The lowest BCUT2D eigenvalue weighted by atomic mass is 9.86. The van der Waals surface area contributed by atoms with Crippen LogP contribution >= 0.6 is 0 Å². The molecule has 1 N–H and O–H groups in total. The van der Waals surface area contributed by atoms with Gasteiger partial charge in [0.05, 0.1) is 25.0 Å². The monoisotopic (exact) mass is 287 g/mol. The number of aromatic nitrogens is 2. The second kappa shape index (κ2) is 5.80. The van der Waals surface area contributed by atoms with E-state index in [-0.39, 0.29) is 11.5 Å². The van der Waals surface area contributed by atoms with Crippen LogP contribution in [0.4, 0.5) is 5.69 Å². The van der Waals surface area contributed by atoms with Gasteiger partial charge in [-0.2, -0.15) is 5.10 Å². The molecule has 0 aliphatic rings. The summed E-state index contributed by atoms with van der Waals surface area (Å²) >= 11 is 0. The van der Waals surface area contributed by atoms with E-state index in [2.05, 4.69) is 50.2 Å². The van der Waals surface area contributed by atoms with Gasteiger partial charge in [-0.25, -0.2) is 0 Å². The minimum absolute atomic E-state index is 0.111. The normalized spacial score (nSPS) is 13.0. The first-order valence-electron chi connectivity index (χ1n) is 7.25. The molecule has 0 radical (unpaired) electrons. The summed E-state index contributed by atoms with van der Waals surface area (Å²) in [7, 11) is 3.63. The minimum Gasteiger partial charge on any atom is -0.495 e. The molecule has 0 saturated heterocycles. The molecule has 114 valence electrons. The Morgan fingerprint density at radius 2 is 2.00 bits per heavy atom. The van der Waals surface area contributed by atoms with Crippen molar-refractivity contribution >= 4 is 5.69 Å². The van der Waals surface area contributed by atoms with E-state index in [1.807, 2.05) is 30.2 Å². The predicted octanol–water partition coefficient (Wildman–Crippen LogP) is 3.90. The lowest BCUT2D eigenvalue weighted by Gasteiger charge is -2.23. The van der Waals surface area contributed by atoms with E-state index in [1.54, 1.807) is 7.11 Å². The Morgan fingerprint density at radius 3 is 2.52 bits per heavy atom. The molecule has 0 aliphatic carbocycles. The van der Waals surface area contributed by atoms with Crippen LogP contribution in [0.5, 0.6) is 5.75 Å². The van der Waals surface area contributed by atoms with Crippen molar-refractivity contribution in [3.8, 4) is 5.75 Å². The first-order chi connectivity index (χ1) is 9.81. The Bertz CT molecular complexity index is 611. The van der Waals surface area contributed by atoms with Crippen LogP contribution < -0.4 is 10.1 Å². The Kier molecular flexibility index (Phi) is 4.26. The van der Waals surface area contributed by atoms with Gasteiger partial charge in [0.15, 0.2) is 0 Å². The summed E-state index contributed by atoms with van der Waals surface area (Å²) in [6.45, 7) is 8.76. The second-order valence-electron chi connectivity index (χ2n) is 6.48. The minimum atomic E-state index is 0.111. The third kappa shape index (κ3) is 3.57. The summed E-state index contributed by atoms with van der Waals surface area (Å²) in [5, 5.41) is 7.75. The molecule has 1 aromatic heterocycles. The highest BCUT2D eigenvalue weighted by molar-refractivity contribution is 5.60. The summed E-state index contributed by atoms with van der Waals surface area (Å²) in [5.41, 5.74) is 3.56. The van der Waals surface area contributed by atoms with Gasteiger partial charge in [0.25, 0.3) is 0 Å². The maximum absolute atomic E-state index is 5.47. The average molecular weight is 287 g/mol. The summed E-state index contributed by atoms with van der Waals surface area (Å²) < 4.78 is 7.29. The van der Waals surface area contributed by atoms with Crippen molar-refractivity contribution in [2.45, 2.75) is 39.2 Å². The molecule has 1 unspecified atom stereocenters. The van der Waals surface area contributed by atoms with E-state index < -0.39 is 0 Å². The maximum Gasteiger partial charge on any atom is 0.141 e. The van der Waals surface area contributed by atoms with Gasteiger partial charge < -0.3 is 10.1 Å². The molecule has 0 fully saturated rings. The van der Waals surface area contributed by atoms with Gasteiger partial charge >= 0.3 is 0 Å². The number of ether oxygens (including phenoxy) is 1. The van der Waals surface area contributed by atoms with E-state index in [4.69, 9.17) is 4.74 Å². The number of nitrogens with zero attached hydrogens (tertiary/aromatic N) is 2. The van der Waals surface area contributed by atoms with Crippen LogP contribution in [0, 0.1) is 0 Å². The quantitative estimate of drug-likeness (QED) is 0.927. The lowest BCUT2D eigenvalue weighted by Crippen LogP contribution is -2.13. The number of aryl methyl sites for hydroxylation is 1. The fourth-order valence-corrected chi connectivity index (χ4v) is 2.27. The molecule has 2 rings (SSSR count). The zero-order chi connectivity index (χ0) is 15.6. The average Bonchev–Trinajstić information content (AvgIpc) is 2.84. The highest BCUT2D eigenvalue weighted by Gasteiger charge is 2.17. The zero-order valence-corrected chi connectivity index (χ0v) is 13.8. The molecule has 21 heavy (non-hydrogen) atoms. The molecule has 0 bridgehead atoms. The van der Waals surface area contributed by atoms with E-state index >= 15 is 0 Å². The second-order valence-corrected chi connectivity index (χ2v) is 6.48. The van der Waals surface area contributed by atoms with Gasteiger partial charge in [0.1, 0.15) is 5.75 Å². The summed E-state index contributed by atoms with van der Waals surface area (Å²) in [6, 6.07) is 6.49. The van der Waals surface area contributed by atoms with E-state index in [0.29, 0.717) is 0 Å². The van der Waals surface area contributed by atoms with E-state index in [1.165, 1.54) is 5.56 Å². The fourth-order valence-electron chi connectivity index (χ4n) is 2.27. The smallest absolute Gasteiger partial charge is 0.141 e. The topological polar surface area (TPSA) is 39.1 Å². The van der Waals surface area contributed by atoms with Gasteiger partial charge in [-0.05, 0) is 30.0 Å². The summed E-state index contributed by atoms with van der Waals surface area (Å²) in [6.07, 6.45) is 3.91. The Hall–Kier alpha value is -1.97. The van der Waals surface area contributed by atoms with Crippen molar-refractivity contribution in [3.05, 3.63) is 41.7 Å². The third-order valence-electron chi connectivity index (χ3n) is 3.66. The SMILES string of the molecule is COc1ccc(C(C)(C)C)cc1NC(C)c1cnn(C)c1. The standard InChI is InChI=1S/C17H25N3O/c1-12(13-10-18-20(5)11-13)19-15-9-14(17(2,3)4)7-8-16(15)21-6/h7-12,19H,1-6H3. The molecule has 0 aliphatic heterocycles. The number of anilines is 1. The van der Waals surface area contributed by atoms with Gasteiger partial charge in [0, 0.05) is 18.8 Å². The number of hydrogen-bond acceptors (Lipinski definition) is 3. The number of hydrogen-bond donors (Lipinski definition) is 1. The predicted molar refractivity (Wildman–Crippen MR) is 86.9 cm³/mol. The largest absolute Gasteiger partial charge is 0.495 e. The zero-order valence-electron chi connectivity index (χ0n) is 13.8. The van der Waals surface area contributed by atoms with Gasteiger partial charge in [-0.15, -0.1) is 0 Å². The Labute approximate surface area is 127 Å². The van der Waals surface area contributed by atoms with Crippen molar-refractivity contribution in [2.24, 2.45) is 7.05 Å². The number of methoxy groups -OCH3 is 1. The summed E-state index contributed by atoms with van der Waals surface area (Å²) in [4.78, 5) is 0.